The van der Waals surface area contributed by atoms with Crippen molar-refractivity contribution >= 4 is 23.3 Å². The number of esters is 1. The molecule has 0 bridgehead atoms. The van der Waals surface area contributed by atoms with Gasteiger partial charge in [0.15, 0.2) is 0 Å². The van der Waals surface area contributed by atoms with Gasteiger partial charge in [0, 0.05) is 11.8 Å². The van der Waals surface area contributed by atoms with Crippen molar-refractivity contribution in [1.82, 2.24) is 0 Å². The molecule has 25 heavy (non-hydrogen) atoms. The van der Waals surface area contributed by atoms with Gasteiger partial charge in [0.25, 0.3) is 11.6 Å². The second kappa shape index (κ2) is 7.43. The van der Waals surface area contributed by atoms with Crippen molar-refractivity contribution in [3.63, 3.8) is 0 Å². The Hall–Kier alpha value is -3.42. The van der Waals surface area contributed by atoms with Crippen LogP contribution in [0.25, 0.3) is 0 Å². The third-order valence-electron chi connectivity index (χ3n) is 3.54. The molecule has 0 saturated heterocycles. The van der Waals surface area contributed by atoms with E-state index in [-0.39, 0.29) is 11.3 Å². The molecule has 0 unspecified atom stereocenters. The zero-order chi connectivity index (χ0) is 18.6. The number of hydrogen-bond donors (Lipinski definition) is 1. The molecule has 0 heterocycles. The van der Waals surface area contributed by atoms with Gasteiger partial charge in [0.05, 0.1) is 24.7 Å². The first-order chi connectivity index (χ1) is 11.9. The lowest BCUT2D eigenvalue weighted by Crippen LogP contribution is -2.15. The number of ether oxygens (including phenoxy) is 2. The van der Waals surface area contributed by atoms with Crippen molar-refractivity contribution < 1.29 is 24.0 Å². The molecular weight excluding hydrogens is 328 g/mol. The monoisotopic (exact) mass is 344 g/mol. The summed E-state index contributed by atoms with van der Waals surface area (Å²) in [5.41, 5.74) is 0.921. The van der Waals surface area contributed by atoms with Crippen LogP contribution in [-0.2, 0) is 4.74 Å². The van der Waals surface area contributed by atoms with Crippen LogP contribution < -0.4 is 10.1 Å². The van der Waals surface area contributed by atoms with E-state index in [4.69, 9.17) is 4.74 Å². The number of amides is 1. The van der Waals surface area contributed by atoms with Crippen molar-refractivity contribution in [3.05, 3.63) is 63.2 Å². The fraction of sp³-hybridized carbons (Fsp3) is 0.176. The Morgan fingerprint density at radius 1 is 1.12 bits per heavy atom. The van der Waals surface area contributed by atoms with E-state index < -0.39 is 16.8 Å². The predicted molar refractivity (Wildman–Crippen MR) is 90.1 cm³/mol. The van der Waals surface area contributed by atoms with E-state index in [2.05, 4.69) is 10.1 Å². The number of nitro benzene ring substituents is 1. The minimum atomic E-state index is -0.653. The molecule has 1 N–H and O–H groups in total. The first kappa shape index (κ1) is 17.9. The number of nitrogens with zero attached hydrogens (tertiary/aromatic N) is 1. The molecule has 0 saturated carbocycles. The maximum absolute atomic E-state index is 12.5. The lowest BCUT2D eigenvalue weighted by Gasteiger charge is -2.10. The summed E-state index contributed by atoms with van der Waals surface area (Å²) in [6.07, 6.45) is 0. The highest BCUT2D eigenvalue weighted by Gasteiger charge is 2.22. The van der Waals surface area contributed by atoms with Crippen LogP contribution >= 0.6 is 0 Å². The van der Waals surface area contributed by atoms with Crippen LogP contribution in [0.15, 0.2) is 36.4 Å². The van der Waals surface area contributed by atoms with Crippen molar-refractivity contribution in [2.75, 3.05) is 19.5 Å². The van der Waals surface area contributed by atoms with Crippen LogP contribution in [-0.4, -0.2) is 31.0 Å². The van der Waals surface area contributed by atoms with Gasteiger partial charge in [-0.1, -0.05) is 0 Å². The highest BCUT2D eigenvalue weighted by molar-refractivity contribution is 6.07. The van der Waals surface area contributed by atoms with E-state index in [1.807, 2.05) is 0 Å². The number of hydrogen-bond acceptors (Lipinski definition) is 6. The standard InChI is InChI=1S/C17H16N2O6/c1-10-8-11(17(21)25-3)4-6-14(10)18-16(20)13-9-12(24-2)5-7-15(13)19(22)23/h4-9H,1-3H3,(H,18,20). The molecule has 2 aromatic carbocycles. The number of carbonyl (C=O) groups is 2. The Labute approximate surface area is 143 Å². The highest BCUT2D eigenvalue weighted by atomic mass is 16.6. The van der Waals surface area contributed by atoms with Crippen LogP contribution in [0.3, 0.4) is 0 Å². The van der Waals surface area contributed by atoms with E-state index in [1.54, 1.807) is 13.0 Å². The Balaban J connectivity index is 2.34. The number of carbonyl (C=O) groups excluding carboxylic acids is 2. The molecule has 0 aliphatic rings. The Morgan fingerprint density at radius 3 is 2.40 bits per heavy atom. The minimum absolute atomic E-state index is 0.124. The maximum atomic E-state index is 12.5. The number of methoxy groups -OCH3 is 2. The molecule has 0 aliphatic carbocycles. The van der Waals surface area contributed by atoms with Crippen LogP contribution in [0.5, 0.6) is 5.75 Å². The zero-order valence-corrected chi connectivity index (χ0v) is 13.9. The van der Waals surface area contributed by atoms with Gasteiger partial charge < -0.3 is 14.8 Å². The van der Waals surface area contributed by atoms with Gasteiger partial charge in [-0.3, -0.25) is 14.9 Å². The van der Waals surface area contributed by atoms with Crippen molar-refractivity contribution in [2.45, 2.75) is 6.92 Å². The number of nitrogens with one attached hydrogen (secondary N) is 1. The average Bonchev–Trinajstić information content (AvgIpc) is 2.61. The van der Waals surface area contributed by atoms with Gasteiger partial charge in [0.1, 0.15) is 11.3 Å². The lowest BCUT2D eigenvalue weighted by molar-refractivity contribution is -0.385. The quantitative estimate of drug-likeness (QED) is 0.507. The van der Waals surface area contributed by atoms with E-state index in [1.165, 1.54) is 44.6 Å². The summed E-state index contributed by atoms with van der Waals surface area (Å²) in [6, 6.07) is 8.50. The van der Waals surface area contributed by atoms with Gasteiger partial charge in [0.2, 0.25) is 0 Å². The number of nitro groups is 1. The molecule has 0 spiro atoms. The van der Waals surface area contributed by atoms with Crippen LogP contribution in [0.1, 0.15) is 26.3 Å². The summed E-state index contributed by atoms with van der Waals surface area (Å²) in [5, 5.41) is 13.7. The third kappa shape index (κ3) is 3.92. The fourth-order valence-corrected chi connectivity index (χ4v) is 2.22. The predicted octanol–water partition coefficient (Wildman–Crippen LogP) is 2.95. The molecule has 0 aliphatic heterocycles. The Kier molecular flexibility index (Phi) is 5.33. The zero-order valence-electron chi connectivity index (χ0n) is 13.9. The first-order valence-corrected chi connectivity index (χ1v) is 7.20. The first-order valence-electron chi connectivity index (χ1n) is 7.20. The molecular formula is C17H16N2O6. The molecule has 8 heteroatoms. The SMILES string of the molecule is COC(=O)c1ccc(NC(=O)c2cc(OC)ccc2[N+](=O)[O-])c(C)c1. The van der Waals surface area contributed by atoms with E-state index in [9.17, 15) is 19.7 Å². The number of rotatable bonds is 5. The normalized spacial score (nSPS) is 10.0. The van der Waals surface area contributed by atoms with E-state index in [0.29, 0.717) is 22.6 Å². The van der Waals surface area contributed by atoms with Crippen molar-refractivity contribution in [1.29, 1.82) is 0 Å². The second-order valence-electron chi connectivity index (χ2n) is 5.12. The molecule has 2 aromatic rings. The van der Waals surface area contributed by atoms with Crippen molar-refractivity contribution in [2.24, 2.45) is 0 Å². The summed E-state index contributed by atoms with van der Waals surface area (Å²) < 4.78 is 9.65. The van der Waals surface area contributed by atoms with Gasteiger partial charge in [-0.15, -0.1) is 0 Å². The summed E-state index contributed by atoms with van der Waals surface area (Å²) in [4.78, 5) is 34.5. The smallest absolute Gasteiger partial charge is 0.337 e. The van der Waals surface area contributed by atoms with Crippen LogP contribution in [0.4, 0.5) is 11.4 Å². The van der Waals surface area contributed by atoms with Crippen LogP contribution in [0, 0.1) is 17.0 Å². The largest absolute Gasteiger partial charge is 0.497 e. The maximum Gasteiger partial charge on any atom is 0.337 e. The van der Waals surface area contributed by atoms with E-state index >= 15 is 0 Å². The van der Waals surface area contributed by atoms with E-state index in [0.717, 1.165) is 0 Å². The third-order valence-corrected chi connectivity index (χ3v) is 3.54. The summed E-state index contributed by atoms with van der Waals surface area (Å²) in [6.45, 7) is 1.70. The molecule has 2 rings (SSSR count). The topological polar surface area (TPSA) is 108 Å². The van der Waals surface area contributed by atoms with Crippen molar-refractivity contribution in [3.8, 4) is 5.75 Å². The summed E-state index contributed by atoms with van der Waals surface area (Å²) in [5.74, 6) is -0.822. The second-order valence-corrected chi connectivity index (χ2v) is 5.12. The van der Waals surface area contributed by atoms with Gasteiger partial charge in [-0.25, -0.2) is 4.79 Å². The number of anilines is 1. The molecule has 8 nitrogen and oxygen atoms in total. The Morgan fingerprint density at radius 2 is 1.84 bits per heavy atom. The molecule has 130 valence electrons. The van der Waals surface area contributed by atoms with Crippen LogP contribution in [0.2, 0.25) is 0 Å². The lowest BCUT2D eigenvalue weighted by atomic mass is 10.1. The minimum Gasteiger partial charge on any atom is -0.497 e. The summed E-state index contributed by atoms with van der Waals surface area (Å²) >= 11 is 0. The number of benzene rings is 2. The molecule has 0 radical (unpaired) electrons. The number of aryl methyl sites for hydroxylation is 1. The molecule has 1 amide bonds. The molecule has 0 fully saturated rings. The fourth-order valence-electron chi connectivity index (χ4n) is 2.22. The van der Waals surface area contributed by atoms with Gasteiger partial charge >= 0.3 is 5.97 Å². The average molecular weight is 344 g/mol. The highest BCUT2D eigenvalue weighted by Crippen LogP contribution is 2.26. The summed E-state index contributed by atoms with van der Waals surface area (Å²) in [7, 11) is 2.67. The molecule has 0 aromatic heterocycles. The van der Waals surface area contributed by atoms with Gasteiger partial charge in [-0.2, -0.15) is 0 Å². The van der Waals surface area contributed by atoms with Gasteiger partial charge in [-0.05, 0) is 42.8 Å². The Bertz CT molecular complexity index is 847. The molecule has 0 atom stereocenters.